The van der Waals surface area contributed by atoms with Gasteiger partial charge in [0.25, 0.3) is 0 Å². The standard InChI is InChI=1S/C13H17N5O2/c1-9-3-2-4-10(7-9)17-12(14)15-5-6-18-11(19)8-16-13(18)20/h2-4,7H,5-6,8H2,1H3,(H,16,20)(H3,14,15,17). The van der Waals surface area contributed by atoms with E-state index in [2.05, 4.69) is 15.6 Å². The lowest BCUT2D eigenvalue weighted by Crippen LogP contribution is -2.34. The molecule has 1 aliphatic heterocycles. The molecular formula is C13H17N5O2. The third kappa shape index (κ3) is 3.47. The van der Waals surface area contributed by atoms with Crippen LogP contribution in [0.2, 0.25) is 0 Å². The highest BCUT2D eigenvalue weighted by molar-refractivity contribution is 6.02. The van der Waals surface area contributed by atoms with E-state index in [1.807, 2.05) is 31.2 Å². The molecule has 0 saturated carbocycles. The molecule has 0 atom stereocenters. The van der Waals surface area contributed by atoms with Crippen molar-refractivity contribution in [1.29, 1.82) is 0 Å². The number of benzene rings is 1. The van der Waals surface area contributed by atoms with E-state index in [4.69, 9.17) is 5.73 Å². The molecule has 0 unspecified atom stereocenters. The van der Waals surface area contributed by atoms with Crippen LogP contribution in [0.1, 0.15) is 5.56 Å². The molecule has 0 bridgehead atoms. The number of hydrogen-bond donors (Lipinski definition) is 3. The predicted molar refractivity (Wildman–Crippen MR) is 76.4 cm³/mol. The van der Waals surface area contributed by atoms with E-state index < -0.39 is 0 Å². The van der Waals surface area contributed by atoms with Gasteiger partial charge in [0.15, 0.2) is 5.96 Å². The second-order valence-electron chi connectivity index (χ2n) is 4.47. The van der Waals surface area contributed by atoms with Gasteiger partial charge in [-0.25, -0.2) is 4.79 Å². The summed E-state index contributed by atoms with van der Waals surface area (Å²) in [5.74, 6) is 0.0121. The topological polar surface area (TPSA) is 99.8 Å². The van der Waals surface area contributed by atoms with E-state index >= 15 is 0 Å². The lowest BCUT2D eigenvalue weighted by molar-refractivity contribution is -0.124. The van der Waals surface area contributed by atoms with Gasteiger partial charge >= 0.3 is 6.03 Å². The Morgan fingerprint density at radius 1 is 1.50 bits per heavy atom. The van der Waals surface area contributed by atoms with Crippen LogP contribution in [0.25, 0.3) is 0 Å². The van der Waals surface area contributed by atoms with Gasteiger partial charge in [-0.1, -0.05) is 12.1 Å². The summed E-state index contributed by atoms with van der Waals surface area (Å²) >= 11 is 0. The Balaban J connectivity index is 1.85. The fraction of sp³-hybridized carbons (Fsp3) is 0.308. The Bertz CT molecular complexity index is 539. The molecule has 20 heavy (non-hydrogen) atoms. The first-order chi connectivity index (χ1) is 9.56. The van der Waals surface area contributed by atoms with Gasteiger partial charge in [-0.15, -0.1) is 0 Å². The quantitative estimate of drug-likeness (QED) is 0.417. The second-order valence-corrected chi connectivity index (χ2v) is 4.47. The van der Waals surface area contributed by atoms with Crippen LogP contribution < -0.4 is 16.4 Å². The SMILES string of the molecule is Cc1cccc(NC(N)=NCCN2C(=O)CNC2=O)c1. The minimum absolute atomic E-state index is 0.0551. The van der Waals surface area contributed by atoms with Crippen molar-refractivity contribution in [3.8, 4) is 0 Å². The molecule has 0 aliphatic carbocycles. The van der Waals surface area contributed by atoms with Crippen LogP contribution in [0.4, 0.5) is 10.5 Å². The lowest BCUT2D eigenvalue weighted by Gasteiger charge is -2.11. The molecule has 1 saturated heterocycles. The number of hydrogen-bond acceptors (Lipinski definition) is 3. The number of carbonyl (C=O) groups is 2. The van der Waals surface area contributed by atoms with E-state index in [0.717, 1.165) is 16.2 Å². The summed E-state index contributed by atoms with van der Waals surface area (Å²) in [6, 6.07) is 7.34. The number of amides is 3. The van der Waals surface area contributed by atoms with Crippen molar-refractivity contribution in [3.63, 3.8) is 0 Å². The van der Waals surface area contributed by atoms with Crippen LogP contribution in [0.3, 0.4) is 0 Å². The number of guanidine groups is 1. The van der Waals surface area contributed by atoms with Crippen molar-refractivity contribution in [2.45, 2.75) is 6.92 Å². The number of aliphatic imine (C=N–C) groups is 1. The Kier molecular flexibility index (Phi) is 4.19. The molecule has 0 aromatic heterocycles. The number of rotatable bonds is 4. The van der Waals surface area contributed by atoms with Crippen LogP contribution in [0, 0.1) is 6.92 Å². The summed E-state index contributed by atoms with van der Waals surface area (Å²) in [4.78, 5) is 27.8. The summed E-state index contributed by atoms with van der Waals surface area (Å²) in [6.07, 6.45) is 0. The van der Waals surface area contributed by atoms with Gasteiger partial charge in [-0.2, -0.15) is 0 Å². The first kappa shape index (κ1) is 13.9. The van der Waals surface area contributed by atoms with E-state index in [1.165, 1.54) is 0 Å². The molecule has 1 aliphatic rings. The van der Waals surface area contributed by atoms with Gasteiger partial charge in [-0.3, -0.25) is 14.7 Å². The van der Waals surface area contributed by atoms with Gasteiger partial charge in [0.2, 0.25) is 5.91 Å². The highest BCUT2D eigenvalue weighted by Gasteiger charge is 2.27. The fourth-order valence-corrected chi connectivity index (χ4v) is 1.86. The molecule has 2 rings (SSSR count). The Labute approximate surface area is 116 Å². The molecular weight excluding hydrogens is 258 g/mol. The second kappa shape index (κ2) is 6.05. The number of nitrogens with two attached hydrogens (primary N) is 1. The zero-order valence-electron chi connectivity index (χ0n) is 11.2. The molecule has 7 nitrogen and oxygen atoms in total. The molecule has 1 aromatic rings. The number of nitrogens with one attached hydrogen (secondary N) is 2. The van der Waals surface area contributed by atoms with Gasteiger partial charge in [0, 0.05) is 5.69 Å². The first-order valence-corrected chi connectivity index (χ1v) is 6.28. The average molecular weight is 275 g/mol. The maximum Gasteiger partial charge on any atom is 0.324 e. The lowest BCUT2D eigenvalue weighted by atomic mass is 10.2. The molecule has 0 radical (unpaired) electrons. The van der Waals surface area contributed by atoms with Crippen LogP contribution in [0.15, 0.2) is 29.3 Å². The molecule has 3 amide bonds. The Hall–Kier alpha value is -2.57. The fourth-order valence-electron chi connectivity index (χ4n) is 1.86. The molecule has 106 valence electrons. The first-order valence-electron chi connectivity index (χ1n) is 6.28. The van der Waals surface area contributed by atoms with Crippen LogP contribution >= 0.6 is 0 Å². The van der Waals surface area contributed by atoms with E-state index in [-0.39, 0.29) is 37.5 Å². The average Bonchev–Trinajstić information content (AvgIpc) is 2.70. The Morgan fingerprint density at radius 3 is 2.95 bits per heavy atom. The smallest absolute Gasteiger partial charge is 0.324 e. The van der Waals surface area contributed by atoms with Gasteiger partial charge < -0.3 is 16.4 Å². The maximum atomic E-state index is 11.3. The summed E-state index contributed by atoms with van der Waals surface area (Å²) in [5, 5.41) is 5.40. The highest BCUT2D eigenvalue weighted by atomic mass is 16.2. The summed E-state index contributed by atoms with van der Waals surface area (Å²) in [5.41, 5.74) is 7.71. The van der Waals surface area contributed by atoms with Crippen LogP contribution in [-0.4, -0.2) is 42.4 Å². The number of imide groups is 1. The number of nitrogens with zero attached hydrogens (tertiary/aromatic N) is 2. The summed E-state index contributed by atoms with van der Waals surface area (Å²) in [6.45, 7) is 2.53. The van der Waals surface area contributed by atoms with E-state index in [1.54, 1.807) is 0 Å². The zero-order valence-corrected chi connectivity index (χ0v) is 11.2. The van der Waals surface area contributed by atoms with Crippen molar-refractivity contribution in [3.05, 3.63) is 29.8 Å². The minimum Gasteiger partial charge on any atom is -0.370 e. The summed E-state index contributed by atoms with van der Waals surface area (Å²) < 4.78 is 0. The highest BCUT2D eigenvalue weighted by Crippen LogP contribution is 2.08. The number of aryl methyl sites for hydroxylation is 1. The maximum absolute atomic E-state index is 11.3. The largest absolute Gasteiger partial charge is 0.370 e. The van der Waals surface area contributed by atoms with Gasteiger partial charge in [0.05, 0.1) is 19.6 Å². The summed E-state index contributed by atoms with van der Waals surface area (Å²) in [7, 11) is 0. The van der Waals surface area contributed by atoms with Crippen molar-refractivity contribution >= 4 is 23.6 Å². The molecule has 1 heterocycles. The van der Waals surface area contributed by atoms with Crippen molar-refractivity contribution in [2.24, 2.45) is 10.7 Å². The molecule has 4 N–H and O–H groups in total. The van der Waals surface area contributed by atoms with E-state index in [0.29, 0.717) is 0 Å². The minimum atomic E-state index is -0.379. The third-order valence-electron chi connectivity index (χ3n) is 2.83. The van der Waals surface area contributed by atoms with Crippen molar-refractivity contribution in [1.82, 2.24) is 10.2 Å². The van der Waals surface area contributed by atoms with Gasteiger partial charge in [0.1, 0.15) is 0 Å². The number of urea groups is 1. The van der Waals surface area contributed by atoms with Crippen molar-refractivity contribution in [2.75, 3.05) is 25.0 Å². The normalized spacial score (nSPS) is 15.4. The van der Waals surface area contributed by atoms with Crippen LogP contribution in [-0.2, 0) is 4.79 Å². The Morgan fingerprint density at radius 2 is 2.30 bits per heavy atom. The number of anilines is 1. The molecule has 1 fully saturated rings. The molecule has 0 spiro atoms. The monoisotopic (exact) mass is 275 g/mol. The van der Waals surface area contributed by atoms with Crippen LogP contribution in [0.5, 0.6) is 0 Å². The molecule has 1 aromatic carbocycles. The van der Waals surface area contributed by atoms with Gasteiger partial charge in [-0.05, 0) is 24.6 Å². The predicted octanol–water partition coefficient (Wildman–Crippen LogP) is 0.273. The van der Waals surface area contributed by atoms with E-state index in [9.17, 15) is 9.59 Å². The number of carbonyl (C=O) groups excluding carboxylic acids is 2. The zero-order chi connectivity index (χ0) is 14.5. The van der Waals surface area contributed by atoms with Crippen molar-refractivity contribution < 1.29 is 9.59 Å². The molecule has 7 heteroatoms. The third-order valence-corrected chi connectivity index (χ3v) is 2.83.